The Kier molecular flexibility index (Phi) is 5.74. The van der Waals surface area contributed by atoms with Crippen molar-refractivity contribution in [3.63, 3.8) is 0 Å². The molecule has 0 heterocycles. The predicted octanol–water partition coefficient (Wildman–Crippen LogP) is 2.24. The van der Waals surface area contributed by atoms with E-state index in [9.17, 15) is 14.7 Å². The van der Waals surface area contributed by atoms with Crippen LogP contribution in [0.25, 0.3) is 0 Å². The lowest BCUT2D eigenvalue weighted by Gasteiger charge is -2.23. The Morgan fingerprint density at radius 1 is 1.20 bits per heavy atom. The lowest BCUT2D eigenvalue weighted by molar-refractivity contribution is -0.130. The van der Waals surface area contributed by atoms with Gasteiger partial charge in [-0.05, 0) is 36.8 Å². The fourth-order valence-corrected chi connectivity index (χ4v) is 4.05. The average molecular weight is 344 g/mol. The number of carbonyl (C=O) groups is 2. The largest absolute Gasteiger partial charge is 0.390 e. The number of hydrogen-bond acceptors (Lipinski definition) is 3. The van der Waals surface area contributed by atoms with Crippen LogP contribution >= 0.6 is 0 Å². The van der Waals surface area contributed by atoms with Crippen molar-refractivity contribution in [3.05, 3.63) is 35.4 Å². The van der Waals surface area contributed by atoms with Crippen LogP contribution in [0.1, 0.15) is 62.6 Å². The van der Waals surface area contributed by atoms with E-state index in [1.54, 1.807) is 6.92 Å². The van der Waals surface area contributed by atoms with Gasteiger partial charge in [-0.2, -0.15) is 0 Å². The molecule has 0 spiro atoms. The van der Waals surface area contributed by atoms with Crippen LogP contribution < -0.4 is 10.6 Å². The molecule has 3 unspecified atom stereocenters. The van der Waals surface area contributed by atoms with E-state index in [1.165, 1.54) is 19.3 Å². The standard InChI is InChI=1S/C20H28N2O3/c1-13(21-18(24)11-14-7-3-2-4-8-14)20(25)22-19-16-10-6-5-9-15(16)12-17(19)23/h5-6,9-10,13-14,17,19,23H,2-4,7-8,11-12H2,1H3,(H,21,24)(H,22,25). The summed E-state index contributed by atoms with van der Waals surface area (Å²) in [6.45, 7) is 1.70. The fraction of sp³-hybridized carbons (Fsp3) is 0.600. The molecule has 136 valence electrons. The van der Waals surface area contributed by atoms with Crippen molar-refractivity contribution in [2.45, 2.75) is 70.1 Å². The van der Waals surface area contributed by atoms with E-state index in [0.29, 0.717) is 18.8 Å². The lowest BCUT2D eigenvalue weighted by Crippen LogP contribution is -2.47. The van der Waals surface area contributed by atoms with Gasteiger partial charge in [0.2, 0.25) is 11.8 Å². The Balaban J connectivity index is 1.51. The Hall–Kier alpha value is -1.88. The first kappa shape index (κ1) is 17.9. The molecule has 2 aliphatic rings. The summed E-state index contributed by atoms with van der Waals surface area (Å²) in [6.07, 6.45) is 6.32. The second kappa shape index (κ2) is 8.00. The van der Waals surface area contributed by atoms with Crippen LogP contribution in [-0.4, -0.2) is 29.1 Å². The van der Waals surface area contributed by atoms with Crippen LogP contribution in [0.3, 0.4) is 0 Å². The number of aliphatic hydroxyl groups excluding tert-OH is 1. The molecule has 2 amide bonds. The first-order chi connectivity index (χ1) is 12.0. The van der Waals surface area contributed by atoms with Crippen molar-refractivity contribution in [2.75, 3.05) is 0 Å². The van der Waals surface area contributed by atoms with Gasteiger partial charge in [0.25, 0.3) is 0 Å². The van der Waals surface area contributed by atoms with Crippen LogP contribution in [0.5, 0.6) is 0 Å². The third kappa shape index (κ3) is 4.40. The Morgan fingerprint density at radius 3 is 2.68 bits per heavy atom. The summed E-state index contributed by atoms with van der Waals surface area (Å²) in [5.74, 6) is 0.146. The monoisotopic (exact) mass is 344 g/mol. The maximum absolute atomic E-state index is 12.4. The lowest BCUT2D eigenvalue weighted by atomic mass is 9.87. The molecule has 0 aliphatic heterocycles. The highest BCUT2D eigenvalue weighted by molar-refractivity contribution is 5.87. The molecule has 1 aromatic carbocycles. The highest BCUT2D eigenvalue weighted by Crippen LogP contribution is 2.31. The molecule has 1 fully saturated rings. The van der Waals surface area contributed by atoms with E-state index in [-0.39, 0.29) is 11.8 Å². The molecule has 25 heavy (non-hydrogen) atoms. The summed E-state index contributed by atoms with van der Waals surface area (Å²) in [5.41, 5.74) is 2.03. The average Bonchev–Trinajstić information content (AvgIpc) is 2.91. The minimum atomic E-state index is -0.619. The highest BCUT2D eigenvalue weighted by atomic mass is 16.3. The third-order valence-electron chi connectivity index (χ3n) is 5.47. The van der Waals surface area contributed by atoms with Crippen molar-refractivity contribution < 1.29 is 14.7 Å². The SMILES string of the molecule is CC(NC(=O)CC1CCCCC1)C(=O)NC1c2ccccc2CC1O. The number of amides is 2. The molecule has 0 radical (unpaired) electrons. The van der Waals surface area contributed by atoms with Gasteiger partial charge in [0.15, 0.2) is 0 Å². The van der Waals surface area contributed by atoms with Gasteiger partial charge in [0.05, 0.1) is 12.1 Å². The summed E-state index contributed by atoms with van der Waals surface area (Å²) in [4.78, 5) is 24.6. The first-order valence-corrected chi connectivity index (χ1v) is 9.40. The number of nitrogens with one attached hydrogen (secondary N) is 2. The van der Waals surface area contributed by atoms with E-state index in [4.69, 9.17) is 0 Å². The molecule has 5 nitrogen and oxygen atoms in total. The molecule has 1 saturated carbocycles. The second-order valence-electron chi connectivity index (χ2n) is 7.45. The van der Waals surface area contributed by atoms with Crippen LogP contribution in [0.2, 0.25) is 0 Å². The summed E-state index contributed by atoms with van der Waals surface area (Å²) in [6, 6.07) is 6.75. The van der Waals surface area contributed by atoms with Gasteiger partial charge in [-0.25, -0.2) is 0 Å². The molecule has 3 rings (SSSR count). The molecular formula is C20H28N2O3. The van der Waals surface area contributed by atoms with E-state index in [2.05, 4.69) is 10.6 Å². The summed E-state index contributed by atoms with van der Waals surface area (Å²) >= 11 is 0. The van der Waals surface area contributed by atoms with Gasteiger partial charge in [0.1, 0.15) is 6.04 Å². The fourth-order valence-electron chi connectivity index (χ4n) is 4.05. The smallest absolute Gasteiger partial charge is 0.242 e. The van der Waals surface area contributed by atoms with Crippen LogP contribution in [0, 0.1) is 5.92 Å². The van der Waals surface area contributed by atoms with Crippen molar-refractivity contribution >= 4 is 11.8 Å². The van der Waals surface area contributed by atoms with Crippen molar-refractivity contribution in [3.8, 4) is 0 Å². The summed E-state index contributed by atoms with van der Waals surface area (Å²) < 4.78 is 0. The number of aliphatic hydroxyl groups is 1. The maximum Gasteiger partial charge on any atom is 0.242 e. The van der Waals surface area contributed by atoms with E-state index < -0.39 is 18.2 Å². The summed E-state index contributed by atoms with van der Waals surface area (Å²) in [5, 5.41) is 15.9. The molecule has 3 atom stereocenters. The number of hydrogen-bond donors (Lipinski definition) is 3. The predicted molar refractivity (Wildman–Crippen MR) is 95.8 cm³/mol. The minimum absolute atomic E-state index is 0.0538. The number of fused-ring (bicyclic) bond motifs is 1. The molecule has 1 aromatic rings. The van der Waals surface area contributed by atoms with Gasteiger partial charge in [-0.1, -0.05) is 43.5 Å². The van der Waals surface area contributed by atoms with Crippen molar-refractivity contribution in [1.29, 1.82) is 0 Å². The van der Waals surface area contributed by atoms with Gasteiger partial charge >= 0.3 is 0 Å². The van der Waals surface area contributed by atoms with Crippen molar-refractivity contribution in [1.82, 2.24) is 10.6 Å². The van der Waals surface area contributed by atoms with Crippen LogP contribution in [0.15, 0.2) is 24.3 Å². The normalized spacial score (nSPS) is 24.4. The molecular weight excluding hydrogens is 316 g/mol. The Morgan fingerprint density at radius 2 is 1.92 bits per heavy atom. The molecule has 2 aliphatic carbocycles. The number of rotatable bonds is 5. The minimum Gasteiger partial charge on any atom is -0.390 e. The van der Waals surface area contributed by atoms with Gasteiger partial charge in [-0.15, -0.1) is 0 Å². The second-order valence-corrected chi connectivity index (χ2v) is 7.45. The molecule has 0 bridgehead atoms. The first-order valence-electron chi connectivity index (χ1n) is 9.40. The highest BCUT2D eigenvalue weighted by Gasteiger charge is 2.33. The maximum atomic E-state index is 12.4. The Labute approximate surface area is 149 Å². The number of carbonyl (C=O) groups excluding carboxylic acids is 2. The van der Waals surface area contributed by atoms with Crippen LogP contribution in [-0.2, 0) is 16.0 Å². The Bertz CT molecular complexity index is 625. The quantitative estimate of drug-likeness (QED) is 0.766. The molecule has 0 aromatic heterocycles. The molecule has 0 saturated heterocycles. The molecule has 5 heteroatoms. The molecule has 3 N–H and O–H groups in total. The summed E-state index contributed by atoms with van der Waals surface area (Å²) in [7, 11) is 0. The zero-order valence-corrected chi connectivity index (χ0v) is 14.8. The zero-order chi connectivity index (χ0) is 17.8. The third-order valence-corrected chi connectivity index (χ3v) is 5.47. The van der Waals surface area contributed by atoms with Gasteiger partial charge in [0, 0.05) is 12.8 Å². The van der Waals surface area contributed by atoms with E-state index >= 15 is 0 Å². The topological polar surface area (TPSA) is 78.4 Å². The zero-order valence-electron chi connectivity index (χ0n) is 14.8. The van der Waals surface area contributed by atoms with Crippen LogP contribution in [0.4, 0.5) is 0 Å². The van der Waals surface area contributed by atoms with Gasteiger partial charge in [-0.3, -0.25) is 9.59 Å². The van der Waals surface area contributed by atoms with Crippen molar-refractivity contribution in [2.24, 2.45) is 5.92 Å². The number of benzene rings is 1. The van der Waals surface area contributed by atoms with Gasteiger partial charge < -0.3 is 15.7 Å². The van der Waals surface area contributed by atoms with E-state index in [1.807, 2.05) is 24.3 Å². The van der Waals surface area contributed by atoms with E-state index in [0.717, 1.165) is 24.0 Å².